The van der Waals surface area contributed by atoms with Crippen LogP contribution in [0.5, 0.6) is 0 Å². The third-order valence-corrected chi connectivity index (χ3v) is 5.84. The summed E-state index contributed by atoms with van der Waals surface area (Å²) >= 11 is 1.80. The molecule has 0 aliphatic heterocycles. The predicted molar refractivity (Wildman–Crippen MR) is 80.0 cm³/mol. The largest absolute Gasteiger partial charge is 0.481 e. The van der Waals surface area contributed by atoms with Crippen molar-refractivity contribution in [3.8, 4) is 0 Å². The number of carboxylic acids is 1. The zero-order valence-corrected chi connectivity index (χ0v) is 12.8. The molecular formula is C14H24N2O3S. The zero-order valence-electron chi connectivity index (χ0n) is 12.0. The van der Waals surface area contributed by atoms with Gasteiger partial charge in [0.15, 0.2) is 0 Å². The molecule has 0 aromatic rings. The van der Waals surface area contributed by atoms with E-state index in [-0.39, 0.29) is 18.6 Å². The predicted octanol–water partition coefficient (Wildman–Crippen LogP) is 2.21. The fourth-order valence-corrected chi connectivity index (χ4v) is 4.02. The lowest BCUT2D eigenvalue weighted by Crippen LogP contribution is -2.53. The first-order valence-corrected chi connectivity index (χ1v) is 8.67. The maximum absolute atomic E-state index is 12.0. The molecule has 2 saturated carbocycles. The highest BCUT2D eigenvalue weighted by atomic mass is 32.2. The molecule has 0 radical (unpaired) electrons. The second-order valence-electron chi connectivity index (χ2n) is 5.93. The summed E-state index contributed by atoms with van der Waals surface area (Å²) in [5.41, 5.74) is -0.719. The lowest BCUT2D eigenvalue weighted by molar-refractivity contribution is -0.153. The molecule has 5 nitrogen and oxygen atoms in total. The number of thioether (sulfide) groups is 1. The van der Waals surface area contributed by atoms with Gasteiger partial charge in [-0.05, 0) is 31.9 Å². The molecule has 20 heavy (non-hydrogen) atoms. The first-order chi connectivity index (χ1) is 9.57. The topological polar surface area (TPSA) is 78.4 Å². The number of aliphatic carboxylic acids is 1. The number of hydrogen-bond acceptors (Lipinski definition) is 3. The van der Waals surface area contributed by atoms with Crippen molar-refractivity contribution in [3.63, 3.8) is 0 Å². The minimum absolute atomic E-state index is 0.209. The summed E-state index contributed by atoms with van der Waals surface area (Å²) in [5.74, 6) is -0.788. The van der Waals surface area contributed by atoms with Crippen LogP contribution < -0.4 is 10.6 Å². The molecular weight excluding hydrogens is 276 g/mol. The van der Waals surface area contributed by atoms with Gasteiger partial charge in [-0.25, -0.2) is 4.79 Å². The summed E-state index contributed by atoms with van der Waals surface area (Å²) in [4.78, 5) is 23.2. The van der Waals surface area contributed by atoms with Crippen molar-refractivity contribution >= 4 is 23.8 Å². The molecule has 0 aromatic carbocycles. The van der Waals surface area contributed by atoms with E-state index >= 15 is 0 Å². The average Bonchev–Trinajstić information content (AvgIpc) is 2.37. The van der Waals surface area contributed by atoms with Crippen LogP contribution >= 0.6 is 11.8 Å². The maximum atomic E-state index is 12.0. The lowest BCUT2D eigenvalue weighted by atomic mass is 9.69. The van der Waals surface area contributed by atoms with Gasteiger partial charge < -0.3 is 15.7 Å². The number of amides is 2. The summed E-state index contributed by atoms with van der Waals surface area (Å²) in [6, 6.07) is -0.00982. The van der Waals surface area contributed by atoms with Gasteiger partial charge in [0.25, 0.3) is 0 Å². The summed E-state index contributed by atoms with van der Waals surface area (Å²) in [6.45, 7) is 0.241. The highest BCUT2D eigenvalue weighted by Gasteiger charge is 2.44. The molecule has 2 fully saturated rings. The molecule has 0 bridgehead atoms. The molecule has 3 N–H and O–H groups in total. The average molecular weight is 300 g/mol. The van der Waals surface area contributed by atoms with Gasteiger partial charge in [-0.1, -0.05) is 19.3 Å². The third-order valence-electron chi connectivity index (χ3n) is 4.67. The highest BCUT2D eigenvalue weighted by Crippen LogP contribution is 2.40. The molecule has 2 aliphatic carbocycles. The van der Waals surface area contributed by atoms with Crippen molar-refractivity contribution in [2.45, 2.75) is 56.2 Å². The molecule has 2 aliphatic rings. The molecule has 2 unspecified atom stereocenters. The molecule has 0 heterocycles. The fourth-order valence-electron chi connectivity index (χ4n) is 3.08. The van der Waals surface area contributed by atoms with Crippen molar-refractivity contribution in [2.75, 3.05) is 12.8 Å². The van der Waals surface area contributed by atoms with Gasteiger partial charge in [0.2, 0.25) is 0 Å². The Morgan fingerprint density at radius 1 is 1.25 bits per heavy atom. The van der Waals surface area contributed by atoms with Gasteiger partial charge in [0.1, 0.15) is 0 Å². The highest BCUT2D eigenvalue weighted by molar-refractivity contribution is 7.99. The van der Waals surface area contributed by atoms with E-state index < -0.39 is 11.4 Å². The first kappa shape index (κ1) is 15.5. The molecule has 0 aromatic heterocycles. The number of nitrogens with one attached hydrogen (secondary N) is 2. The van der Waals surface area contributed by atoms with Gasteiger partial charge in [-0.3, -0.25) is 4.79 Å². The smallest absolute Gasteiger partial charge is 0.315 e. The monoisotopic (exact) mass is 300 g/mol. The van der Waals surface area contributed by atoms with Crippen LogP contribution in [0.1, 0.15) is 44.9 Å². The SMILES string of the molecule is CSC1CCCCC1NC(=O)NCC1(C(=O)O)CCC1. The molecule has 0 saturated heterocycles. The Kier molecular flexibility index (Phi) is 5.18. The van der Waals surface area contributed by atoms with Gasteiger partial charge in [0, 0.05) is 17.8 Å². The van der Waals surface area contributed by atoms with E-state index in [1.54, 1.807) is 11.8 Å². The van der Waals surface area contributed by atoms with Gasteiger partial charge in [-0.15, -0.1) is 0 Å². The Hall–Kier alpha value is -0.910. The minimum Gasteiger partial charge on any atom is -0.481 e. The molecule has 2 amide bonds. The van der Waals surface area contributed by atoms with E-state index in [1.165, 1.54) is 6.42 Å². The van der Waals surface area contributed by atoms with Crippen LogP contribution in [0, 0.1) is 5.41 Å². The fraction of sp³-hybridized carbons (Fsp3) is 0.857. The number of carbonyl (C=O) groups excluding carboxylic acids is 1. The van der Waals surface area contributed by atoms with E-state index in [0.29, 0.717) is 18.1 Å². The van der Waals surface area contributed by atoms with E-state index in [9.17, 15) is 14.7 Å². The van der Waals surface area contributed by atoms with Crippen LogP contribution in [-0.2, 0) is 4.79 Å². The summed E-state index contributed by atoms with van der Waals surface area (Å²) in [5, 5.41) is 15.5. The van der Waals surface area contributed by atoms with Gasteiger partial charge >= 0.3 is 12.0 Å². The molecule has 0 spiro atoms. The quantitative estimate of drug-likeness (QED) is 0.727. The third kappa shape index (κ3) is 3.40. The van der Waals surface area contributed by atoms with E-state index in [2.05, 4.69) is 16.9 Å². The lowest BCUT2D eigenvalue weighted by Gasteiger charge is -2.38. The number of carbonyl (C=O) groups is 2. The van der Waals surface area contributed by atoms with Crippen LogP contribution in [-0.4, -0.2) is 41.2 Å². The Bertz CT molecular complexity index is 371. The Balaban J connectivity index is 1.78. The number of rotatable bonds is 5. The van der Waals surface area contributed by atoms with Gasteiger partial charge in [0.05, 0.1) is 5.41 Å². The van der Waals surface area contributed by atoms with E-state index in [4.69, 9.17) is 0 Å². The van der Waals surface area contributed by atoms with Crippen LogP contribution in [0.25, 0.3) is 0 Å². The molecule has 2 atom stereocenters. The summed E-state index contributed by atoms with van der Waals surface area (Å²) < 4.78 is 0. The van der Waals surface area contributed by atoms with Crippen molar-refractivity contribution in [2.24, 2.45) is 5.41 Å². The minimum atomic E-state index is -0.788. The van der Waals surface area contributed by atoms with Crippen LogP contribution in [0.2, 0.25) is 0 Å². The van der Waals surface area contributed by atoms with Crippen molar-refractivity contribution < 1.29 is 14.7 Å². The van der Waals surface area contributed by atoms with Crippen LogP contribution in [0.4, 0.5) is 4.79 Å². The Morgan fingerprint density at radius 2 is 1.95 bits per heavy atom. The molecule has 6 heteroatoms. The van der Waals surface area contributed by atoms with Crippen LogP contribution in [0.3, 0.4) is 0 Å². The van der Waals surface area contributed by atoms with Crippen molar-refractivity contribution in [3.05, 3.63) is 0 Å². The van der Waals surface area contributed by atoms with Crippen molar-refractivity contribution in [1.29, 1.82) is 0 Å². The summed E-state index contributed by atoms with van der Waals surface area (Å²) in [6.07, 6.45) is 8.89. The standard InChI is InChI=1S/C14H24N2O3S/c1-20-11-6-3-2-5-10(11)16-13(19)15-9-14(12(17)18)7-4-8-14/h10-11H,2-9H2,1H3,(H,17,18)(H2,15,16,19). The normalized spacial score (nSPS) is 28.2. The van der Waals surface area contributed by atoms with E-state index in [1.807, 2.05) is 0 Å². The Labute approximate surface area is 124 Å². The Morgan fingerprint density at radius 3 is 2.50 bits per heavy atom. The molecule has 2 rings (SSSR count). The number of carboxylic acid groups (broad SMARTS) is 1. The number of urea groups is 1. The number of hydrogen-bond donors (Lipinski definition) is 3. The molecule has 114 valence electrons. The zero-order chi connectivity index (χ0) is 14.6. The first-order valence-electron chi connectivity index (χ1n) is 7.38. The van der Waals surface area contributed by atoms with Crippen LogP contribution in [0.15, 0.2) is 0 Å². The van der Waals surface area contributed by atoms with Gasteiger partial charge in [-0.2, -0.15) is 11.8 Å². The van der Waals surface area contributed by atoms with E-state index in [0.717, 1.165) is 25.7 Å². The maximum Gasteiger partial charge on any atom is 0.315 e. The summed E-state index contributed by atoms with van der Waals surface area (Å²) in [7, 11) is 0. The second kappa shape index (κ2) is 6.70. The second-order valence-corrected chi connectivity index (χ2v) is 7.01. The van der Waals surface area contributed by atoms with Crippen molar-refractivity contribution in [1.82, 2.24) is 10.6 Å².